The minimum absolute atomic E-state index is 0.00715. The van der Waals surface area contributed by atoms with Crippen molar-refractivity contribution in [1.82, 2.24) is 19.8 Å². The fraction of sp³-hybridized carbons (Fsp3) is 0.486. The fourth-order valence-corrected chi connectivity index (χ4v) is 8.91. The molecule has 1 N–H and O–H groups in total. The molecule has 3 aromatic carbocycles. The zero-order valence-corrected chi connectivity index (χ0v) is 28.3. The number of anilines is 1. The first-order valence-corrected chi connectivity index (χ1v) is 17.8. The second-order valence-electron chi connectivity index (χ2n) is 14.0. The number of ether oxygens (including phenoxy) is 2. The van der Waals surface area contributed by atoms with Crippen molar-refractivity contribution >= 4 is 45.2 Å². The molecule has 4 aromatic rings. The van der Waals surface area contributed by atoms with Gasteiger partial charge in [-0.1, -0.05) is 49.2 Å². The second kappa shape index (κ2) is 12.7. The number of amides is 1. The molecule has 4 saturated heterocycles. The van der Waals surface area contributed by atoms with Crippen molar-refractivity contribution in [2.75, 3.05) is 44.3 Å². The molecule has 0 aliphatic carbocycles. The molecule has 1 aromatic heterocycles. The van der Waals surface area contributed by atoms with Gasteiger partial charge in [-0.05, 0) is 73.2 Å². The highest BCUT2D eigenvalue weighted by Crippen LogP contribution is 2.44. The molecule has 4 aliphatic rings. The molecule has 2 bridgehead atoms. The molecule has 8 rings (SSSR count). The van der Waals surface area contributed by atoms with Crippen LogP contribution in [0.3, 0.4) is 0 Å². The van der Waals surface area contributed by atoms with Gasteiger partial charge in [-0.3, -0.25) is 9.80 Å². The summed E-state index contributed by atoms with van der Waals surface area (Å²) in [5.74, 6) is -0.195. The number of nitrogens with zero attached hydrogens (tertiary/aromatic N) is 5. The number of phenols is 1. The summed E-state index contributed by atoms with van der Waals surface area (Å²) in [6.07, 6.45) is 4.34. The van der Waals surface area contributed by atoms with Gasteiger partial charge in [0.1, 0.15) is 29.9 Å². The van der Waals surface area contributed by atoms with Crippen molar-refractivity contribution in [2.24, 2.45) is 0 Å². The molecular formula is C37H40ClF2N5O4. The predicted octanol–water partition coefficient (Wildman–Crippen LogP) is 7.49. The van der Waals surface area contributed by atoms with E-state index in [1.807, 2.05) is 29.2 Å². The van der Waals surface area contributed by atoms with Gasteiger partial charge in [-0.25, -0.2) is 13.6 Å². The zero-order valence-electron chi connectivity index (χ0n) is 27.5. The van der Waals surface area contributed by atoms with Crippen LogP contribution in [0.1, 0.15) is 51.9 Å². The second-order valence-corrected chi connectivity index (χ2v) is 14.4. The van der Waals surface area contributed by atoms with Crippen LogP contribution >= 0.6 is 11.6 Å². The van der Waals surface area contributed by atoms with E-state index in [1.54, 1.807) is 12.1 Å². The van der Waals surface area contributed by atoms with Crippen molar-refractivity contribution in [1.29, 1.82) is 0 Å². The number of fused-ring (bicyclic) bond motifs is 5. The van der Waals surface area contributed by atoms with E-state index in [1.165, 1.54) is 6.07 Å². The number of hydrogen-bond acceptors (Lipinski definition) is 8. The smallest absolute Gasteiger partial charge is 0.410 e. The maximum absolute atomic E-state index is 17.0. The SMILES string of the molecule is CCCCOC(=O)N1C2CCC1CN(c1nc(OC[C@@]34CCCN3C[C@H](F)C4)nc3c(F)c(-c4cc(O)cc5ccccc45)c(Cl)cc13)C2. The molecular weight excluding hydrogens is 652 g/mol. The summed E-state index contributed by atoms with van der Waals surface area (Å²) in [5.41, 5.74) is 0.158. The lowest BCUT2D eigenvalue weighted by Crippen LogP contribution is -2.56. The Bertz CT molecular complexity index is 1920. The third-order valence-corrected chi connectivity index (χ3v) is 11.2. The maximum Gasteiger partial charge on any atom is 0.410 e. The van der Waals surface area contributed by atoms with E-state index in [9.17, 15) is 14.3 Å². The largest absolute Gasteiger partial charge is 0.508 e. The van der Waals surface area contributed by atoms with Crippen molar-refractivity contribution in [3.63, 3.8) is 0 Å². The Hall–Kier alpha value is -3.96. The summed E-state index contributed by atoms with van der Waals surface area (Å²) in [6.45, 7) is 4.79. The third-order valence-electron chi connectivity index (χ3n) is 10.9. The number of rotatable bonds is 8. The van der Waals surface area contributed by atoms with Crippen molar-refractivity contribution < 1.29 is 28.2 Å². The number of halogens is 3. The van der Waals surface area contributed by atoms with Crippen LogP contribution in [0.4, 0.5) is 19.4 Å². The monoisotopic (exact) mass is 691 g/mol. The van der Waals surface area contributed by atoms with E-state index in [2.05, 4.69) is 21.7 Å². The van der Waals surface area contributed by atoms with Gasteiger partial charge in [0.05, 0.1) is 29.3 Å². The summed E-state index contributed by atoms with van der Waals surface area (Å²) in [6, 6.07) is 12.1. The number of hydrogen-bond donors (Lipinski definition) is 1. The zero-order chi connectivity index (χ0) is 33.9. The number of piperazine rings is 1. The van der Waals surface area contributed by atoms with Crippen LogP contribution in [0.5, 0.6) is 11.8 Å². The van der Waals surface area contributed by atoms with Crippen LogP contribution in [0.2, 0.25) is 5.02 Å². The number of carbonyl (C=O) groups is 1. The molecule has 0 saturated carbocycles. The van der Waals surface area contributed by atoms with Crippen molar-refractivity contribution in [3.8, 4) is 22.9 Å². The highest BCUT2D eigenvalue weighted by molar-refractivity contribution is 6.35. The average Bonchev–Trinajstić information content (AvgIpc) is 3.70. The summed E-state index contributed by atoms with van der Waals surface area (Å²) in [7, 11) is 0. The summed E-state index contributed by atoms with van der Waals surface area (Å²) < 4.78 is 43.5. The van der Waals surface area contributed by atoms with Crippen molar-refractivity contribution in [3.05, 3.63) is 53.3 Å². The highest BCUT2D eigenvalue weighted by atomic mass is 35.5. The number of phenolic OH excluding ortho intramolecular Hbond substituents is 1. The molecule has 4 fully saturated rings. The van der Waals surface area contributed by atoms with E-state index in [0.29, 0.717) is 49.4 Å². The number of aromatic nitrogens is 2. The molecule has 258 valence electrons. The van der Waals surface area contributed by atoms with Crippen LogP contribution in [0, 0.1) is 5.82 Å². The van der Waals surface area contributed by atoms with E-state index in [-0.39, 0.29) is 52.6 Å². The van der Waals surface area contributed by atoms with E-state index in [4.69, 9.17) is 26.1 Å². The van der Waals surface area contributed by atoms with Crippen LogP contribution in [0.15, 0.2) is 42.5 Å². The van der Waals surface area contributed by atoms with Gasteiger partial charge in [0.2, 0.25) is 0 Å². The topological polar surface area (TPSA) is 91.3 Å². The fourth-order valence-electron chi connectivity index (χ4n) is 8.61. The Morgan fingerprint density at radius 1 is 1.10 bits per heavy atom. The number of alkyl halides is 1. The van der Waals surface area contributed by atoms with E-state index < -0.39 is 17.5 Å². The Morgan fingerprint density at radius 3 is 2.69 bits per heavy atom. The molecule has 1 amide bonds. The molecule has 9 nitrogen and oxygen atoms in total. The number of unbranched alkanes of at least 4 members (excludes halogenated alkanes) is 1. The molecule has 0 radical (unpaired) electrons. The average molecular weight is 692 g/mol. The first-order valence-electron chi connectivity index (χ1n) is 17.4. The van der Waals surface area contributed by atoms with Crippen LogP contribution < -0.4 is 9.64 Å². The first kappa shape index (κ1) is 32.3. The lowest BCUT2D eigenvalue weighted by molar-refractivity contribution is 0.0776. The van der Waals surface area contributed by atoms with Gasteiger partial charge in [-0.2, -0.15) is 9.97 Å². The van der Waals surface area contributed by atoms with Crippen LogP contribution in [-0.4, -0.2) is 94.2 Å². The summed E-state index contributed by atoms with van der Waals surface area (Å²) in [5, 5.41) is 12.6. The standard InChI is InChI=1S/C37H40ClF2N5O4/c1-2-3-13-48-36(47)45-24-9-10-25(45)20-43(19-24)34-29-16-30(38)31(28-15-26(46)14-22-7-4-5-8-27(22)28)32(40)33(29)41-35(42-34)49-21-37-11-6-12-44(37)18-23(39)17-37/h4-5,7-8,14-16,23-25,46H,2-3,6,9-13,17-21H2,1H3/t23-,24?,25?,37+/m1/s1. The van der Waals surface area contributed by atoms with Crippen LogP contribution in [0.25, 0.3) is 32.8 Å². The number of aromatic hydroxyl groups is 1. The Labute approximate surface area is 288 Å². The molecule has 0 spiro atoms. The van der Waals surface area contributed by atoms with Gasteiger partial charge in [0.25, 0.3) is 0 Å². The summed E-state index contributed by atoms with van der Waals surface area (Å²) in [4.78, 5) is 28.7. The Balaban J connectivity index is 1.21. The van der Waals surface area contributed by atoms with Gasteiger partial charge in [0.15, 0.2) is 5.82 Å². The Morgan fingerprint density at radius 2 is 1.90 bits per heavy atom. The van der Waals surface area contributed by atoms with Gasteiger partial charge in [0, 0.05) is 37.0 Å². The highest BCUT2D eigenvalue weighted by Gasteiger charge is 2.49. The first-order chi connectivity index (χ1) is 23.7. The van der Waals surface area contributed by atoms with Crippen molar-refractivity contribution in [2.45, 2.75) is 75.7 Å². The molecule has 49 heavy (non-hydrogen) atoms. The number of carbonyl (C=O) groups excluding carboxylic acids is 1. The minimum Gasteiger partial charge on any atom is -0.508 e. The van der Waals surface area contributed by atoms with Gasteiger partial charge in [-0.15, -0.1) is 0 Å². The lowest BCUT2D eigenvalue weighted by Gasteiger charge is -2.41. The normalized spacial score (nSPS) is 25.0. The van der Waals surface area contributed by atoms with E-state index in [0.717, 1.165) is 55.8 Å². The molecule has 5 heterocycles. The summed E-state index contributed by atoms with van der Waals surface area (Å²) >= 11 is 6.92. The molecule has 4 atom stereocenters. The molecule has 4 aliphatic heterocycles. The Kier molecular flexibility index (Phi) is 8.38. The minimum atomic E-state index is -0.920. The van der Waals surface area contributed by atoms with E-state index >= 15 is 4.39 Å². The van der Waals surface area contributed by atoms with Gasteiger partial charge >= 0.3 is 12.1 Å². The molecule has 12 heteroatoms. The third kappa shape index (κ3) is 5.68. The number of benzene rings is 3. The maximum atomic E-state index is 17.0. The quantitative estimate of drug-likeness (QED) is 0.190. The molecule has 2 unspecified atom stereocenters. The lowest BCUT2D eigenvalue weighted by atomic mass is 9.95. The van der Waals surface area contributed by atoms with Gasteiger partial charge < -0.3 is 19.5 Å². The van der Waals surface area contributed by atoms with Crippen LogP contribution in [-0.2, 0) is 4.74 Å². The predicted molar refractivity (Wildman–Crippen MR) is 185 cm³/mol.